The smallest absolute Gasteiger partial charge is 0.0272 e. The van der Waals surface area contributed by atoms with Gasteiger partial charge >= 0.3 is 0 Å². The summed E-state index contributed by atoms with van der Waals surface area (Å²) in [6, 6.07) is 0. The zero-order valence-corrected chi connectivity index (χ0v) is 6.32. The molecule has 0 heterocycles. The lowest BCUT2D eigenvalue weighted by atomic mass is 9.60. The maximum Gasteiger partial charge on any atom is -0.0272 e. The van der Waals surface area contributed by atoms with Gasteiger partial charge < -0.3 is 0 Å². The van der Waals surface area contributed by atoms with Gasteiger partial charge in [0.1, 0.15) is 0 Å². The van der Waals surface area contributed by atoms with Crippen molar-refractivity contribution < 1.29 is 0 Å². The first-order valence-electron chi connectivity index (χ1n) is 4.33. The van der Waals surface area contributed by atoms with Crippen LogP contribution in [-0.2, 0) is 0 Å². The molecule has 0 unspecified atom stereocenters. The molecule has 0 N–H and O–H groups in total. The third-order valence-electron chi connectivity index (χ3n) is 3.72. The highest BCUT2D eigenvalue weighted by molar-refractivity contribution is 4.96. The van der Waals surface area contributed by atoms with Gasteiger partial charge in [0.15, 0.2) is 0 Å². The monoisotopic (exact) mass is 124 g/mol. The Kier molecular flexibility index (Phi) is 1.12. The molecular formula is C9H16. The van der Waals surface area contributed by atoms with Crippen molar-refractivity contribution in [1.82, 2.24) is 0 Å². The van der Waals surface area contributed by atoms with E-state index >= 15 is 0 Å². The van der Waals surface area contributed by atoms with E-state index < -0.39 is 0 Å². The van der Waals surface area contributed by atoms with E-state index in [0.717, 1.165) is 11.3 Å². The van der Waals surface area contributed by atoms with Crippen LogP contribution < -0.4 is 0 Å². The lowest BCUT2D eigenvalue weighted by Gasteiger charge is -2.45. The van der Waals surface area contributed by atoms with Crippen LogP contribution in [0.3, 0.4) is 0 Å². The second-order valence-corrected chi connectivity index (χ2v) is 4.01. The summed E-state index contributed by atoms with van der Waals surface area (Å²) in [5.41, 5.74) is 0.875. The molecule has 2 fully saturated rings. The molecule has 0 aliphatic heterocycles. The number of hydrogen-bond donors (Lipinski definition) is 0. The van der Waals surface area contributed by atoms with Crippen molar-refractivity contribution in [1.29, 1.82) is 0 Å². The third-order valence-corrected chi connectivity index (χ3v) is 3.72. The first kappa shape index (κ1) is 5.76. The van der Waals surface area contributed by atoms with E-state index in [4.69, 9.17) is 0 Å². The molecule has 0 bridgehead atoms. The van der Waals surface area contributed by atoms with Crippen LogP contribution in [0, 0.1) is 11.3 Å². The highest BCUT2D eigenvalue weighted by Gasteiger charge is 2.45. The van der Waals surface area contributed by atoms with Crippen LogP contribution in [0.5, 0.6) is 0 Å². The van der Waals surface area contributed by atoms with Gasteiger partial charge in [-0.05, 0) is 37.0 Å². The fourth-order valence-electron chi connectivity index (χ4n) is 2.66. The number of hydrogen-bond acceptors (Lipinski definition) is 0. The van der Waals surface area contributed by atoms with Gasteiger partial charge in [-0.15, -0.1) is 0 Å². The summed E-state index contributed by atoms with van der Waals surface area (Å²) in [4.78, 5) is 0. The van der Waals surface area contributed by atoms with Crippen LogP contribution in [-0.4, -0.2) is 0 Å². The van der Waals surface area contributed by atoms with Gasteiger partial charge in [-0.1, -0.05) is 19.8 Å². The predicted molar refractivity (Wildman–Crippen MR) is 39.3 cm³/mol. The Bertz CT molecular complexity index is 109. The van der Waals surface area contributed by atoms with E-state index in [1.165, 1.54) is 19.3 Å². The molecule has 0 nitrogen and oxygen atoms in total. The van der Waals surface area contributed by atoms with Crippen molar-refractivity contribution in [2.24, 2.45) is 11.3 Å². The van der Waals surface area contributed by atoms with E-state index in [0.29, 0.717) is 0 Å². The Morgan fingerprint density at radius 2 is 1.78 bits per heavy atom. The SMILES string of the molecule is C[C@H]1CCC12CCCC2. The van der Waals surface area contributed by atoms with E-state index in [-0.39, 0.29) is 0 Å². The van der Waals surface area contributed by atoms with Gasteiger partial charge in [0.25, 0.3) is 0 Å². The fraction of sp³-hybridized carbons (Fsp3) is 1.00. The lowest BCUT2D eigenvalue weighted by Crippen LogP contribution is -2.35. The highest BCUT2D eigenvalue weighted by Crippen LogP contribution is 2.56. The summed E-state index contributed by atoms with van der Waals surface area (Å²) in [5, 5.41) is 0. The molecule has 0 radical (unpaired) electrons. The van der Waals surface area contributed by atoms with Gasteiger partial charge in [0.05, 0.1) is 0 Å². The molecule has 0 aromatic heterocycles. The molecule has 52 valence electrons. The Morgan fingerprint density at radius 3 is 2.00 bits per heavy atom. The van der Waals surface area contributed by atoms with Crippen molar-refractivity contribution in [2.45, 2.75) is 45.4 Å². The van der Waals surface area contributed by atoms with E-state index in [1.54, 1.807) is 19.3 Å². The average Bonchev–Trinajstić information content (AvgIpc) is 2.34. The summed E-state index contributed by atoms with van der Waals surface area (Å²) < 4.78 is 0. The van der Waals surface area contributed by atoms with Crippen LogP contribution in [0.25, 0.3) is 0 Å². The Balaban J connectivity index is 2.06. The minimum atomic E-state index is 0.875. The van der Waals surface area contributed by atoms with Crippen molar-refractivity contribution in [3.8, 4) is 0 Å². The minimum absolute atomic E-state index is 0.875. The highest BCUT2D eigenvalue weighted by atomic mass is 14.5. The zero-order valence-electron chi connectivity index (χ0n) is 6.32. The summed E-state index contributed by atoms with van der Waals surface area (Å²) in [6.07, 6.45) is 9.20. The Morgan fingerprint density at radius 1 is 1.11 bits per heavy atom. The fourth-order valence-corrected chi connectivity index (χ4v) is 2.66. The van der Waals surface area contributed by atoms with Crippen LogP contribution in [0.4, 0.5) is 0 Å². The minimum Gasteiger partial charge on any atom is -0.0620 e. The molecule has 1 spiro atoms. The van der Waals surface area contributed by atoms with Gasteiger partial charge in [-0.2, -0.15) is 0 Å². The molecule has 0 saturated heterocycles. The maximum absolute atomic E-state index is 2.44. The third kappa shape index (κ3) is 0.653. The average molecular weight is 124 g/mol. The Hall–Kier alpha value is 0. The van der Waals surface area contributed by atoms with Gasteiger partial charge in [0.2, 0.25) is 0 Å². The van der Waals surface area contributed by atoms with Crippen molar-refractivity contribution in [2.75, 3.05) is 0 Å². The molecule has 1 atom stereocenters. The molecule has 2 saturated carbocycles. The first-order valence-corrected chi connectivity index (χ1v) is 4.33. The standard InChI is InChI=1S/C9H16/c1-8-4-7-9(8)5-2-3-6-9/h8H,2-7H2,1H3/t8-/m0/s1. The second-order valence-electron chi connectivity index (χ2n) is 4.01. The lowest BCUT2D eigenvalue weighted by molar-refractivity contribution is 0.0521. The van der Waals surface area contributed by atoms with Crippen molar-refractivity contribution in [3.05, 3.63) is 0 Å². The maximum atomic E-state index is 2.44. The Labute approximate surface area is 57.6 Å². The summed E-state index contributed by atoms with van der Waals surface area (Å²) in [7, 11) is 0. The first-order chi connectivity index (χ1) is 4.33. The van der Waals surface area contributed by atoms with Crippen molar-refractivity contribution in [3.63, 3.8) is 0 Å². The molecule has 0 amide bonds. The van der Waals surface area contributed by atoms with Gasteiger partial charge in [-0.25, -0.2) is 0 Å². The van der Waals surface area contributed by atoms with Gasteiger partial charge in [-0.3, -0.25) is 0 Å². The molecule has 9 heavy (non-hydrogen) atoms. The van der Waals surface area contributed by atoms with E-state index in [2.05, 4.69) is 6.92 Å². The van der Waals surface area contributed by atoms with Crippen LogP contribution in [0.2, 0.25) is 0 Å². The van der Waals surface area contributed by atoms with Gasteiger partial charge in [0, 0.05) is 0 Å². The predicted octanol–water partition coefficient (Wildman–Crippen LogP) is 2.98. The molecule has 2 rings (SSSR count). The normalized spacial score (nSPS) is 39.0. The number of rotatable bonds is 0. The molecule has 2 aliphatic carbocycles. The molecule has 0 aromatic carbocycles. The summed E-state index contributed by atoms with van der Waals surface area (Å²) in [6.45, 7) is 2.44. The quantitative estimate of drug-likeness (QED) is 0.465. The van der Waals surface area contributed by atoms with Crippen molar-refractivity contribution >= 4 is 0 Å². The molecule has 0 aromatic rings. The topological polar surface area (TPSA) is 0 Å². The summed E-state index contributed by atoms with van der Waals surface area (Å²) >= 11 is 0. The van der Waals surface area contributed by atoms with E-state index in [9.17, 15) is 0 Å². The summed E-state index contributed by atoms with van der Waals surface area (Å²) in [5.74, 6) is 1.07. The molecule has 2 aliphatic rings. The van der Waals surface area contributed by atoms with Crippen LogP contribution >= 0.6 is 0 Å². The second kappa shape index (κ2) is 1.74. The van der Waals surface area contributed by atoms with E-state index in [1.807, 2.05) is 0 Å². The zero-order chi connectivity index (χ0) is 6.32. The molecule has 0 heteroatoms. The van der Waals surface area contributed by atoms with Crippen LogP contribution in [0.1, 0.15) is 45.4 Å². The molecular weight excluding hydrogens is 108 g/mol. The largest absolute Gasteiger partial charge is 0.0620 e. The van der Waals surface area contributed by atoms with Crippen LogP contribution in [0.15, 0.2) is 0 Å².